The van der Waals surface area contributed by atoms with Crippen LogP contribution in [0.4, 0.5) is 18.9 Å². The summed E-state index contributed by atoms with van der Waals surface area (Å²) in [6, 6.07) is 4.56. The van der Waals surface area contributed by atoms with E-state index in [9.17, 15) is 22.8 Å². The lowest BCUT2D eigenvalue weighted by Crippen LogP contribution is -2.34. The molecule has 138 valence electrons. The zero-order chi connectivity index (χ0) is 18.7. The minimum absolute atomic E-state index is 0.0217. The largest absolute Gasteiger partial charge is 0.416 e. The predicted octanol–water partition coefficient (Wildman–Crippen LogP) is 2.14. The number of halogens is 3. The van der Waals surface area contributed by atoms with Gasteiger partial charge in [0.25, 0.3) is 0 Å². The number of alkyl halides is 3. The van der Waals surface area contributed by atoms with Crippen LogP contribution in [0.3, 0.4) is 0 Å². The molecule has 1 fully saturated rings. The van der Waals surface area contributed by atoms with Gasteiger partial charge in [0.15, 0.2) is 0 Å². The molecule has 1 saturated heterocycles. The van der Waals surface area contributed by atoms with Gasteiger partial charge in [0.05, 0.1) is 17.8 Å². The monoisotopic (exact) mass is 366 g/mol. The smallest absolute Gasteiger partial charge is 0.355 e. The molecule has 2 aromatic rings. The fourth-order valence-corrected chi connectivity index (χ4v) is 2.87. The van der Waals surface area contributed by atoms with Crippen molar-refractivity contribution in [3.8, 4) is 0 Å². The Morgan fingerprint density at radius 1 is 1.38 bits per heavy atom. The highest BCUT2D eigenvalue weighted by atomic mass is 19.4. The number of amides is 2. The van der Waals surface area contributed by atoms with Gasteiger partial charge in [-0.25, -0.2) is 4.98 Å². The van der Waals surface area contributed by atoms with Crippen LogP contribution in [0.1, 0.15) is 17.7 Å². The van der Waals surface area contributed by atoms with E-state index < -0.39 is 17.7 Å². The van der Waals surface area contributed by atoms with E-state index in [1.165, 1.54) is 17.0 Å². The second-order valence-electron chi connectivity index (χ2n) is 6.07. The Labute approximate surface area is 147 Å². The van der Waals surface area contributed by atoms with Crippen molar-refractivity contribution in [2.24, 2.45) is 5.92 Å². The fourth-order valence-electron chi connectivity index (χ4n) is 2.87. The van der Waals surface area contributed by atoms with Gasteiger partial charge < -0.3 is 15.2 Å². The van der Waals surface area contributed by atoms with Crippen LogP contribution in [-0.4, -0.2) is 34.9 Å². The van der Waals surface area contributed by atoms with Crippen LogP contribution >= 0.6 is 0 Å². The molecule has 1 unspecified atom stereocenters. The molecule has 2 amide bonds. The van der Waals surface area contributed by atoms with Crippen LogP contribution in [0.25, 0.3) is 0 Å². The highest BCUT2D eigenvalue weighted by molar-refractivity contribution is 6.00. The number of imidazole rings is 1. The number of benzene rings is 1. The number of hydrogen-bond acceptors (Lipinski definition) is 3. The Bertz CT molecular complexity index is 790. The number of carbonyl (C=O) groups excluding carboxylic acids is 2. The van der Waals surface area contributed by atoms with E-state index in [1.54, 1.807) is 12.5 Å². The van der Waals surface area contributed by atoms with Gasteiger partial charge in [0, 0.05) is 43.5 Å². The van der Waals surface area contributed by atoms with E-state index in [0.717, 1.165) is 17.8 Å². The first-order valence-electron chi connectivity index (χ1n) is 8.07. The Hall–Kier alpha value is -2.84. The number of nitrogens with one attached hydrogen (secondary N) is 2. The number of hydrogen-bond donors (Lipinski definition) is 2. The summed E-state index contributed by atoms with van der Waals surface area (Å²) in [6.07, 6.45) is -0.738. The summed E-state index contributed by atoms with van der Waals surface area (Å²) in [5.74, 6) is -1.23. The highest BCUT2D eigenvalue weighted by Gasteiger charge is 2.36. The van der Waals surface area contributed by atoms with Crippen molar-refractivity contribution in [3.63, 3.8) is 0 Å². The van der Waals surface area contributed by atoms with Gasteiger partial charge in [-0.2, -0.15) is 13.2 Å². The van der Waals surface area contributed by atoms with Gasteiger partial charge in [0.2, 0.25) is 11.8 Å². The number of nitrogens with zero attached hydrogens (tertiary/aromatic N) is 2. The summed E-state index contributed by atoms with van der Waals surface area (Å²) in [5.41, 5.74) is 0.200. The van der Waals surface area contributed by atoms with Crippen LogP contribution in [0, 0.1) is 5.92 Å². The molecule has 1 aliphatic heterocycles. The molecule has 0 saturated carbocycles. The Morgan fingerprint density at radius 3 is 2.88 bits per heavy atom. The number of H-pyrrole nitrogens is 1. The molecule has 1 aromatic heterocycles. The molecule has 6 nitrogen and oxygen atoms in total. The molecule has 26 heavy (non-hydrogen) atoms. The first kappa shape index (κ1) is 18.0. The average molecular weight is 366 g/mol. The SMILES string of the molecule is O=C(NCCc1cnc[nH]1)C1CC(=O)N(c2cccc(C(F)(F)F)c2)C1. The summed E-state index contributed by atoms with van der Waals surface area (Å²) >= 11 is 0. The summed E-state index contributed by atoms with van der Waals surface area (Å²) in [4.78, 5) is 32.4. The maximum absolute atomic E-state index is 12.8. The minimum Gasteiger partial charge on any atom is -0.355 e. The third-order valence-electron chi connectivity index (χ3n) is 4.23. The van der Waals surface area contributed by atoms with E-state index in [-0.39, 0.29) is 30.5 Å². The third kappa shape index (κ3) is 4.04. The lowest BCUT2D eigenvalue weighted by atomic mass is 10.1. The van der Waals surface area contributed by atoms with E-state index in [2.05, 4.69) is 15.3 Å². The van der Waals surface area contributed by atoms with Crippen molar-refractivity contribution in [2.75, 3.05) is 18.0 Å². The van der Waals surface area contributed by atoms with Crippen molar-refractivity contribution in [2.45, 2.75) is 19.0 Å². The lowest BCUT2D eigenvalue weighted by Gasteiger charge is -2.18. The summed E-state index contributed by atoms with van der Waals surface area (Å²) in [7, 11) is 0. The quantitative estimate of drug-likeness (QED) is 0.851. The molecule has 3 rings (SSSR count). The van der Waals surface area contributed by atoms with Crippen molar-refractivity contribution in [1.29, 1.82) is 0 Å². The van der Waals surface area contributed by atoms with E-state index >= 15 is 0 Å². The molecule has 0 spiro atoms. The predicted molar refractivity (Wildman–Crippen MR) is 87.2 cm³/mol. The van der Waals surface area contributed by atoms with E-state index in [4.69, 9.17) is 0 Å². The maximum Gasteiger partial charge on any atom is 0.416 e. The molecule has 2 N–H and O–H groups in total. The van der Waals surface area contributed by atoms with Crippen LogP contribution < -0.4 is 10.2 Å². The molecule has 1 aromatic carbocycles. The van der Waals surface area contributed by atoms with Gasteiger partial charge in [-0.3, -0.25) is 9.59 Å². The lowest BCUT2D eigenvalue weighted by molar-refractivity contribution is -0.137. The summed E-state index contributed by atoms with van der Waals surface area (Å²) < 4.78 is 38.5. The molecule has 1 atom stereocenters. The summed E-state index contributed by atoms with van der Waals surface area (Å²) in [5, 5.41) is 2.75. The maximum atomic E-state index is 12.8. The Morgan fingerprint density at radius 2 is 2.19 bits per heavy atom. The average Bonchev–Trinajstić information content (AvgIpc) is 3.24. The van der Waals surface area contributed by atoms with Crippen LogP contribution in [0.15, 0.2) is 36.8 Å². The van der Waals surface area contributed by atoms with Crippen LogP contribution in [0.5, 0.6) is 0 Å². The van der Waals surface area contributed by atoms with Gasteiger partial charge in [-0.05, 0) is 18.2 Å². The minimum atomic E-state index is -4.48. The molecule has 0 aliphatic carbocycles. The Kier molecular flexibility index (Phi) is 4.97. The number of anilines is 1. The van der Waals surface area contributed by atoms with Gasteiger partial charge in [-0.15, -0.1) is 0 Å². The van der Waals surface area contributed by atoms with Crippen LogP contribution in [0.2, 0.25) is 0 Å². The number of carbonyl (C=O) groups is 2. The van der Waals surface area contributed by atoms with Crippen molar-refractivity contribution in [3.05, 3.63) is 48.0 Å². The van der Waals surface area contributed by atoms with Gasteiger partial charge in [0.1, 0.15) is 0 Å². The molecule has 2 heterocycles. The molecular weight excluding hydrogens is 349 g/mol. The normalized spacial score (nSPS) is 17.6. The molecule has 0 radical (unpaired) electrons. The molecule has 0 bridgehead atoms. The zero-order valence-corrected chi connectivity index (χ0v) is 13.7. The van der Waals surface area contributed by atoms with Gasteiger partial charge in [-0.1, -0.05) is 6.07 Å². The van der Waals surface area contributed by atoms with Crippen molar-refractivity contribution < 1.29 is 22.8 Å². The van der Waals surface area contributed by atoms with E-state index in [0.29, 0.717) is 13.0 Å². The van der Waals surface area contributed by atoms with Crippen molar-refractivity contribution >= 4 is 17.5 Å². The summed E-state index contributed by atoms with van der Waals surface area (Å²) in [6.45, 7) is 0.450. The topological polar surface area (TPSA) is 78.1 Å². The molecule has 9 heteroatoms. The third-order valence-corrected chi connectivity index (χ3v) is 4.23. The highest BCUT2D eigenvalue weighted by Crippen LogP contribution is 2.33. The first-order valence-corrected chi connectivity index (χ1v) is 8.07. The second-order valence-corrected chi connectivity index (χ2v) is 6.07. The van der Waals surface area contributed by atoms with Crippen molar-refractivity contribution in [1.82, 2.24) is 15.3 Å². The number of aromatic nitrogens is 2. The molecule has 1 aliphatic rings. The number of rotatable bonds is 5. The molecular formula is C17H17F3N4O2. The zero-order valence-electron chi connectivity index (χ0n) is 13.7. The fraction of sp³-hybridized carbons (Fsp3) is 0.353. The number of aromatic amines is 1. The van der Waals surface area contributed by atoms with Gasteiger partial charge >= 0.3 is 6.18 Å². The van der Waals surface area contributed by atoms with E-state index in [1.807, 2.05) is 0 Å². The van der Waals surface area contributed by atoms with Crippen LogP contribution in [-0.2, 0) is 22.2 Å². The standard InChI is InChI=1S/C17H17F3N4O2/c18-17(19,20)12-2-1-3-14(7-12)24-9-11(6-15(24)25)16(26)22-5-4-13-8-21-10-23-13/h1-3,7-8,10-11H,4-6,9H2,(H,21,23)(H,22,26). The second kappa shape index (κ2) is 7.19. The Balaban J connectivity index is 1.60. The first-order chi connectivity index (χ1) is 12.3.